The molecule has 1 aliphatic carbocycles. The zero-order chi connectivity index (χ0) is 16.8. The lowest BCUT2D eigenvalue weighted by molar-refractivity contribution is -0.116. The Morgan fingerprint density at radius 2 is 1.67 bits per heavy atom. The Hall–Kier alpha value is -2.75. The largest absolute Gasteiger partial charge is 0.497 e. The molecular weight excluding hydrogens is 300 g/mol. The quantitative estimate of drug-likeness (QED) is 0.756. The second-order valence-electron chi connectivity index (χ2n) is 5.95. The van der Waals surface area contributed by atoms with Gasteiger partial charge in [0, 0.05) is 23.5 Å². The van der Waals surface area contributed by atoms with E-state index in [0.717, 1.165) is 35.7 Å². The monoisotopic (exact) mass is 322 g/mol. The number of amides is 1. The van der Waals surface area contributed by atoms with E-state index in [0.29, 0.717) is 12.3 Å². The highest BCUT2D eigenvalue weighted by atomic mass is 16.5. The summed E-state index contributed by atoms with van der Waals surface area (Å²) in [5.41, 5.74) is 2.78. The van der Waals surface area contributed by atoms with Crippen molar-refractivity contribution in [1.82, 2.24) is 0 Å². The van der Waals surface area contributed by atoms with Crippen molar-refractivity contribution in [3.8, 4) is 5.75 Å². The summed E-state index contributed by atoms with van der Waals surface area (Å²) >= 11 is 0. The normalized spacial score (nSPS) is 16.0. The van der Waals surface area contributed by atoms with E-state index in [1.54, 1.807) is 7.11 Å². The van der Waals surface area contributed by atoms with E-state index in [2.05, 4.69) is 22.8 Å². The fraction of sp³-hybridized carbons (Fsp3) is 0.250. The number of carbonyl (C=O) groups is 1. The van der Waals surface area contributed by atoms with Gasteiger partial charge in [0.15, 0.2) is 0 Å². The first-order valence-corrected chi connectivity index (χ1v) is 8.20. The van der Waals surface area contributed by atoms with Crippen LogP contribution in [-0.4, -0.2) is 13.0 Å². The molecule has 1 amide bonds. The fourth-order valence-corrected chi connectivity index (χ4v) is 2.79. The zero-order valence-electron chi connectivity index (χ0n) is 13.8. The number of benzene rings is 2. The molecular formula is C20H22N2O2. The van der Waals surface area contributed by atoms with Crippen LogP contribution >= 0.6 is 0 Å². The van der Waals surface area contributed by atoms with Crippen LogP contribution in [0.2, 0.25) is 0 Å². The minimum atomic E-state index is 0.0717. The lowest BCUT2D eigenvalue weighted by atomic mass is 10.1. The molecule has 3 rings (SSSR count). The lowest BCUT2D eigenvalue weighted by Crippen LogP contribution is -2.14. The van der Waals surface area contributed by atoms with Gasteiger partial charge >= 0.3 is 0 Å². The van der Waals surface area contributed by atoms with Crippen molar-refractivity contribution in [3.05, 3.63) is 60.7 Å². The van der Waals surface area contributed by atoms with E-state index in [-0.39, 0.29) is 5.91 Å². The molecule has 1 atom stereocenters. The SMILES string of the molecule is COc1ccc(Nc2ccc(NC(=O)CC3C=CCC3)cc2)cc1. The van der Waals surface area contributed by atoms with Gasteiger partial charge in [-0.05, 0) is 67.3 Å². The molecule has 0 saturated heterocycles. The summed E-state index contributed by atoms with van der Waals surface area (Å²) in [7, 11) is 1.65. The second-order valence-corrected chi connectivity index (χ2v) is 5.95. The van der Waals surface area contributed by atoms with Gasteiger partial charge in [-0.15, -0.1) is 0 Å². The van der Waals surface area contributed by atoms with E-state index in [4.69, 9.17) is 4.74 Å². The van der Waals surface area contributed by atoms with Gasteiger partial charge in [0.05, 0.1) is 7.11 Å². The minimum Gasteiger partial charge on any atom is -0.497 e. The molecule has 0 spiro atoms. The Morgan fingerprint density at radius 3 is 2.25 bits per heavy atom. The van der Waals surface area contributed by atoms with Crippen molar-refractivity contribution >= 4 is 23.0 Å². The van der Waals surface area contributed by atoms with E-state index in [9.17, 15) is 4.79 Å². The predicted octanol–water partition coefficient (Wildman–Crippen LogP) is 4.73. The Bertz CT molecular complexity index is 705. The summed E-state index contributed by atoms with van der Waals surface area (Å²) in [4.78, 5) is 12.0. The minimum absolute atomic E-state index is 0.0717. The van der Waals surface area contributed by atoms with Crippen LogP contribution in [0.25, 0.3) is 0 Å². The van der Waals surface area contributed by atoms with E-state index >= 15 is 0 Å². The summed E-state index contributed by atoms with van der Waals surface area (Å²) in [6, 6.07) is 15.5. The van der Waals surface area contributed by atoms with Crippen LogP contribution in [0.3, 0.4) is 0 Å². The fourth-order valence-electron chi connectivity index (χ4n) is 2.79. The number of carbonyl (C=O) groups excluding carboxylic acids is 1. The first kappa shape index (κ1) is 16.1. The predicted molar refractivity (Wildman–Crippen MR) is 97.8 cm³/mol. The Balaban J connectivity index is 1.54. The number of hydrogen-bond donors (Lipinski definition) is 2. The summed E-state index contributed by atoms with van der Waals surface area (Å²) in [5, 5.41) is 6.27. The summed E-state index contributed by atoms with van der Waals surface area (Å²) in [5.74, 6) is 1.29. The third kappa shape index (κ3) is 4.38. The van der Waals surface area contributed by atoms with Crippen LogP contribution < -0.4 is 15.4 Å². The van der Waals surface area contributed by atoms with Gasteiger partial charge in [-0.2, -0.15) is 0 Å². The Labute approximate surface area is 142 Å². The second kappa shape index (κ2) is 7.68. The molecule has 2 N–H and O–H groups in total. The number of rotatable bonds is 6. The number of methoxy groups -OCH3 is 1. The van der Waals surface area contributed by atoms with Crippen LogP contribution in [-0.2, 0) is 4.79 Å². The number of nitrogens with one attached hydrogen (secondary N) is 2. The van der Waals surface area contributed by atoms with Crippen molar-refractivity contribution in [2.24, 2.45) is 5.92 Å². The van der Waals surface area contributed by atoms with Crippen LogP contribution in [0.15, 0.2) is 60.7 Å². The number of ether oxygens (including phenoxy) is 1. The Morgan fingerprint density at radius 1 is 1.04 bits per heavy atom. The molecule has 124 valence electrons. The number of anilines is 3. The molecule has 0 heterocycles. The van der Waals surface area contributed by atoms with Crippen LogP contribution in [0, 0.1) is 5.92 Å². The molecule has 2 aromatic rings. The van der Waals surface area contributed by atoms with Gasteiger partial charge < -0.3 is 15.4 Å². The van der Waals surface area contributed by atoms with Gasteiger partial charge in [0.2, 0.25) is 5.91 Å². The molecule has 0 radical (unpaired) electrons. The summed E-state index contributed by atoms with van der Waals surface area (Å²) < 4.78 is 5.15. The number of allylic oxidation sites excluding steroid dienone is 2. The molecule has 0 aliphatic heterocycles. The van der Waals surface area contributed by atoms with Crippen molar-refractivity contribution in [2.75, 3.05) is 17.7 Å². The molecule has 4 heteroatoms. The van der Waals surface area contributed by atoms with Crippen molar-refractivity contribution in [2.45, 2.75) is 19.3 Å². The molecule has 0 aromatic heterocycles. The standard InChI is InChI=1S/C20H22N2O2/c1-24-19-12-10-17(11-13-19)21-16-6-8-18(9-7-16)22-20(23)14-15-4-2-3-5-15/h2,4,6-13,15,21H,3,5,14H2,1H3,(H,22,23). The van der Waals surface area contributed by atoms with Gasteiger partial charge in [-0.3, -0.25) is 4.79 Å². The number of hydrogen-bond acceptors (Lipinski definition) is 3. The van der Waals surface area contributed by atoms with Gasteiger partial charge in [-0.1, -0.05) is 12.2 Å². The summed E-state index contributed by atoms with van der Waals surface area (Å²) in [6.45, 7) is 0. The van der Waals surface area contributed by atoms with E-state index in [1.165, 1.54) is 0 Å². The highest BCUT2D eigenvalue weighted by Gasteiger charge is 2.13. The lowest BCUT2D eigenvalue weighted by Gasteiger charge is -2.10. The van der Waals surface area contributed by atoms with E-state index < -0.39 is 0 Å². The van der Waals surface area contributed by atoms with Crippen molar-refractivity contribution < 1.29 is 9.53 Å². The molecule has 1 aliphatic rings. The molecule has 24 heavy (non-hydrogen) atoms. The van der Waals surface area contributed by atoms with Crippen LogP contribution in [0.1, 0.15) is 19.3 Å². The maximum absolute atomic E-state index is 12.0. The molecule has 4 nitrogen and oxygen atoms in total. The molecule has 0 bridgehead atoms. The molecule has 0 saturated carbocycles. The molecule has 2 aromatic carbocycles. The van der Waals surface area contributed by atoms with Gasteiger partial charge in [0.1, 0.15) is 5.75 Å². The molecule has 1 unspecified atom stereocenters. The third-order valence-corrected chi connectivity index (χ3v) is 4.11. The molecule has 0 fully saturated rings. The highest BCUT2D eigenvalue weighted by Crippen LogP contribution is 2.23. The van der Waals surface area contributed by atoms with E-state index in [1.807, 2.05) is 48.5 Å². The van der Waals surface area contributed by atoms with Crippen LogP contribution in [0.5, 0.6) is 5.75 Å². The average molecular weight is 322 g/mol. The zero-order valence-corrected chi connectivity index (χ0v) is 13.8. The third-order valence-electron chi connectivity index (χ3n) is 4.11. The van der Waals surface area contributed by atoms with Crippen LogP contribution in [0.4, 0.5) is 17.1 Å². The van der Waals surface area contributed by atoms with Gasteiger partial charge in [-0.25, -0.2) is 0 Å². The summed E-state index contributed by atoms with van der Waals surface area (Å²) in [6.07, 6.45) is 7.02. The topological polar surface area (TPSA) is 50.4 Å². The highest BCUT2D eigenvalue weighted by molar-refractivity contribution is 5.91. The van der Waals surface area contributed by atoms with Gasteiger partial charge in [0.25, 0.3) is 0 Å². The maximum Gasteiger partial charge on any atom is 0.224 e. The maximum atomic E-state index is 12.0. The van der Waals surface area contributed by atoms with Crippen molar-refractivity contribution in [1.29, 1.82) is 0 Å². The first-order valence-electron chi connectivity index (χ1n) is 8.20. The average Bonchev–Trinajstić information content (AvgIpc) is 3.10. The Kier molecular flexibility index (Phi) is 5.16. The first-order chi connectivity index (χ1) is 11.7. The van der Waals surface area contributed by atoms with Crippen molar-refractivity contribution in [3.63, 3.8) is 0 Å². The smallest absolute Gasteiger partial charge is 0.224 e.